The molecule has 0 fully saturated rings. The number of carbonyl (C=O) groups is 2. The summed E-state index contributed by atoms with van der Waals surface area (Å²) in [5.41, 5.74) is 1.09. The van der Waals surface area contributed by atoms with E-state index in [9.17, 15) is 18.0 Å². The van der Waals surface area contributed by atoms with Crippen LogP contribution in [0.5, 0.6) is 0 Å². The molecule has 0 saturated carbocycles. The lowest BCUT2D eigenvalue weighted by Gasteiger charge is -2.08. The van der Waals surface area contributed by atoms with Crippen molar-refractivity contribution in [3.63, 3.8) is 0 Å². The highest BCUT2D eigenvalue weighted by Gasteiger charge is 2.18. The number of hydrogen-bond donors (Lipinski definition) is 2. The Morgan fingerprint density at radius 2 is 1.60 bits per heavy atom. The zero-order valence-corrected chi connectivity index (χ0v) is 13.9. The smallest absolute Gasteiger partial charge is 0.264 e. The number of carbonyl (C=O) groups excluding carboxylic acids is 2. The predicted molar refractivity (Wildman–Crippen MR) is 89.6 cm³/mol. The lowest BCUT2D eigenvalue weighted by atomic mass is 10.1. The Kier molecular flexibility index (Phi) is 5.87. The summed E-state index contributed by atoms with van der Waals surface area (Å²) in [6.07, 6.45) is 0.0937. The third-order valence-corrected chi connectivity index (χ3v) is 4.58. The minimum Gasteiger partial charge on any atom is -0.347 e. The Hall–Kier alpha value is -3.18. The van der Waals surface area contributed by atoms with Crippen molar-refractivity contribution in [2.45, 2.75) is 11.3 Å². The lowest BCUT2D eigenvalue weighted by molar-refractivity contribution is -0.124. The monoisotopic (exact) mass is 357 g/mol. The van der Waals surface area contributed by atoms with Gasteiger partial charge in [-0.1, -0.05) is 30.3 Å². The van der Waals surface area contributed by atoms with E-state index in [-0.39, 0.29) is 11.3 Å². The Morgan fingerprint density at radius 1 is 0.960 bits per heavy atom. The Balaban J connectivity index is 1.88. The Bertz CT molecular complexity index is 901. The van der Waals surface area contributed by atoms with Gasteiger partial charge in [-0.25, -0.2) is 13.1 Å². The van der Waals surface area contributed by atoms with E-state index in [1.54, 1.807) is 24.3 Å². The van der Waals surface area contributed by atoms with Gasteiger partial charge in [-0.3, -0.25) is 9.59 Å². The van der Waals surface area contributed by atoms with Crippen LogP contribution in [-0.2, 0) is 26.0 Å². The van der Waals surface area contributed by atoms with Gasteiger partial charge >= 0.3 is 0 Å². The predicted octanol–water partition coefficient (Wildman–Crippen LogP) is 0.722. The maximum absolute atomic E-state index is 12.1. The van der Waals surface area contributed by atoms with Crippen molar-refractivity contribution in [3.8, 4) is 6.07 Å². The van der Waals surface area contributed by atoms with Gasteiger partial charge in [0.25, 0.3) is 15.9 Å². The maximum Gasteiger partial charge on any atom is 0.264 e. The minimum atomic E-state index is -4.05. The molecule has 0 aliphatic carbocycles. The van der Waals surface area contributed by atoms with E-state index in [0.717, 1.165) is 5.56 Å². The molecule has 0 unspecified atom stereocenters. The van der Waals surface area contributed by atoms with Crippen LogP contribution >= 0.6 is 0 Å². The van der Waals surface area contributed by atoms with E-state index in [1.807, 2.05) is 16.9 Å². The molecule has 0 aliphatic rings. The number of nitrogens with one attached hydrogen (secondary N) is 2. The van der Waals surface area contributed by atoms with Crippen molar-refractivity contribution in [2.75, 3.05) is 6.54 Å². The molecular formula is C17H15N3O4S. The van der Waals surface area contributed by atoms with Crippen LogP contribution in [0.2, 0.25) is 0 Å². The van der Waals surface area contributed by atoms with E-state index >= 15 is 0 Å². The molecule has 0 atom stereocenters. The van der Waals surface area contributed by atoms with E-state index < -0.39 is 28.4 Å². The van der Waals surface area contributed by atoms with Crippen LogP contribution in [0.15, 0.2) is 59.5 Å². The number of hydrogen-bond acceptors (Lipinski definition) is 5. The van der Waals surface area contributed by atoms with E-state index in [0.29, 0.717) is 5.56 Å². The zero-order valence-electron chi connectivity index (χ0n) is 13.1. The summed E-state index contributed by atoms with van der Waals surface area (Å²) >= 11 is 0. The van der Waals surface area contributed by atoms with Crippen LogP contribution in [0.25, 0.3) is 0 Å². The van der Waals surface area contributed by atoms with Gasteiger partial charge in [0.15, 0.2) is 0 Å². The molecule has 128 valence electrons. The van der Waals surface area contributed by atoms with Crippen LogP contribution in [0.3, 0.4) is 0 Å². The van der Waals surface area contributed by atoms with Gasteiger partial charge in [0.05, 0.1) is 29.5 Å². The number of nitriles is 1. The fourth-order valence-electron chi connectivity index (χ4n) is 1.98. The van der Waals surface area contributed by atoms with E-state index in [1.165, 1.54) is 24.3 Å². The highest BCUT2D eigenvalue weighted by molar-refractivity contribution is 7.90. The second kappa shape index (κ2) is 8.08. The first-order valence-electron chi connectivity index (χ1n) is 7.27. The molecule has 2 aromatic carbocycles. The molecule has 25 heavy (non-hydrogen) atoms. The third-order valence-electron chi connectivity index (χ3n) is 3.20. The normalized spacial score (nSPS) is 10.5. The average Bonchev–Trinajstić information content (AvgIpc) is 2.60. The maximum atomic E-state index is 12.1. The molecule has 0 aliphatic heterocycles. The van der Waals surface area contributed by atoms with Crippen molar-refractivity contribution in [2.24, 2.45) is 0 Å². The van der Waals surface area contributed by atoms with Crippen molar-refractivity contribution >= 4 is 21.8 Å². The third kappa shape index (κ3) is 5.44. The largest absolute Gasteiger partial charge is 0.347 e. The van der Waals surface area contributed by atoms with Gasteiger partial charge < -0.3 is 5.32 Å². The molecule has 2 aromatic rings. The molecule has 2 amide bonds. The van der Waals surface area contributed by atoms with Crippen molar-refractivity contribution in [1.82, 2.24) is 10.0 Å². The number of rotatable bonds is 6. The minimum absolute atomic E-state index is 0.0937. The second-order valence-corrected chi connectivity index (χ2v) is 6.79. The summed E-state index contributed by atoms with van der Waals surface area (Å²) < 4.78 is 26.0. The number of sulfonamides is 1. The molecule has 2 N–H and O–H groups in total. The molecule has 8 heteroatoms. The van der Waals surface area contributed by atoms with Crippen LogP contribution in [0, 0.1) is 11.3 Å². The number of benzene rings is 2. The Morgan fingerprint density at radius 3 is 2.20 bits per heavy atom. The summed E-state index contributed by atoms with van der Waals surface area (Å²) in [4.78, 5) is 23.4. The highest BCUT2D eigenvalue weighted by Crippen LogP contribution is 2.09. The highest BCUT2D eigenvalue weighted by atomic mass is 32.2. The molecule has 0 saturated heterocycles. The molecule has 7 nitrogen and oxygen atoms in total. The Labute approximate surface area is 145 Å². The summed E-state index contributed by atoms with van der Waals surface area (Å²) in [5, 5.41) is 11.1. The zero-order chi connectivity index (χ0) is 18.3. The first-order chi connectivity index (χ1) is 11.9. The van der Waals surface area contributed by atoms with Gasteiger partial charge in [-0.15, -0.1) is 0 Å². The van der Waals surface area contributed by atoms with Crippen molar-refractivity contribution in [3.05, 3.63) is 65.7 Å². The SMILES string of the molecule is N#Cc1ccc(S(=O)(=O)NC(=O)CNC(=O)Cc2ccccc2)cc1. The van der Waals surface area contributed by atoms with E-state index in [2.05, 4.69) is 5.32 Å². The summed E-state index contributed by atoms with van der Waals surface area (Å²) in [5.74, 6) is -1.25. The van der Waals surface area contributed by atoms with Crippen LogP contribution in [0.4, 0.5) is 0 Å². The molecule has 0 spiro atoms. The van der Waals surface area contributed by atoms with Crippen LogP contribution in [-0.4, -0.2) is 26.8 Å². The topological polar surface area (TPSA) is 116 Å². The average molecular weight is 357 g/mol. The van der Waals surface area contributed by atoms with Gasteiger partial charge in [-0.2, -0.15) is 5.26 Å². The summed E-state index contributed by atoms with van der Waals surface area (Å²) in [6.45, 7) is -0.457. The van der Waals surface area contributed by atoms with Crippen molar-refractivity contribution in [1.29, 1.82) is 5.26 Å². The second-order valence-electron chi connectivity index (χ2n) is 5.10. The van der Waals surface area contributed by atoms with E-state index in [4.69, 9.17) is 5.26 Å². The van der Waals surface area contributed by atoms with Gasteiger partial charge in [0.2, 0.25) is 5.91 Å². The van der Waals surface area contributed by atoms with Gasteiger partial charge in [-0.05, 0) is 29.8 Å². The standard InChI is InChI=1S/C17H15N3O4S/c18-11-14-6-8-15(9-7-14)25(23,24)20-17(22)12-19-16(21)10-13-4-2-1-3-5-13/h1-9H,10,12H2,(H,19,21)(H,20,22). The van der Waals surface area contributed by atoms with Gasteiger partial charge in [0, 0.05) is 0 Å². The first kappa shape index (κ1) is 18.2. The number of amides is 2. The van der Waals surface area contributed by atoms with Crippen molar-refractivity contribution < 1.29 is 18.0 Å². The fourth-order valence-corrected chi connectivity index (χ4v) is 2.96. The first-order valence-corrected chi connectivity index (χ1v) is 8.75. The quantitative estimate of drug-likeness (QED) is 0.790. The van der Waals surface area contributed by atoms with Gasteiger partial charge in [0.1, 0.15) is 0 Å². The lowest BCUT2D eigenvalue weighted by Crippen LogP contribution is -2.40. The molecule has 0 radical (unpaired) electrons. The van der Waals surface area contributed by atoms with Crippen LogP contribution < -0.4 is 10.0 Å². The molecule has 0 bridgehead atoms. The molecular weight excluding hydrogens is 342 g/mol. The molecule has 0 aromatic heterocycles. The number of nitrogens with zero attached hydrogens (tertiary/aromatic N) is 1. The molecule has 2 rings (SSSR count). The molecule has 0 heterocycles. The summed E-state index contributed by atoms with van der Waals surface area (Å²) in [6, 6.07) is 15.9. The van der Waals surface area contributed by atoms with Crippen LogP contribution in [0.1, 0.15) is 11.1 Å². The summed E-state index contributed by atoms with van der Waals surface area (Å²) in [7, 11) is -4.05. The fraction of sp³-hybridized carbons (Fsp3) is 0.118.